The molecule has 94 valence electrons. The summed E-state index contributed by atoms with van der Waals surface area (Å²) in [5.74, 6) is 0. The lowest BCUT2D eigenvalue weighted by atomic mass is 10.1. The number of rotatable bonds is 3. The van der Waals surface area contributed by atoms with Crippen molar-refractivity contribution in [1.82, 2.24) is 14.3 Å². The quantitative estimate of drug-likeness (QED) is 0.821. The van der Waals surface area contributed by atoms with Gasteiger partial charge in [0.2, 0.25) is 0 Å². The Morgan fingerprint density at radius 1 is 1.41 bits per heavy atom. The van der Waals surface area contributed by atoms with Gasteiger partial charge in [-0.15, -0.1) is 0 Å². The largest absolute Gasteiger partial charge is 0.329 e. The van der Waals surface area contributed by atoms with Gasteiger partial charge in [0.15, 0.2) is 5.03 Å². The SMILES string of the molecule is NC[C@H]1CCCCN1S(=O)(=O)c1cnccn1. The van der Waals surface area contributed by atoms with E-state index in [1.165, 1.54) is 22.9 Å². The van der Waals surface area contributed by atoms with Crippen molar-refractivity contribution >= 4 is 10.0 Å². The van der Waals surface area contributed by atoms with Gasteiger partial charge in [-0.1, -0.05) is 6.42 Å². The third-order valence-corrected chi connectivity index (χ3v) is 4.80. The fourth-order valence-electron chi connectivity index (χ4n) is 2.06. The zero-order chi connectivity index (χ0) is 12.3. The molecule has 17 heavy (non-hydrogen) atoms. The maximum Gasteiger partial charge on any atom is 0.262 e. The molecular formula is C10H16N4O2S. The molecule has 0 spiro atoms. The minimum Gasteiger partial charge on any atom is -0.329 e. The molecule has 1 aromatic rings. The van der Waals surface area contributed by atoms with E-state index >= 15 is 0 Å². The van der Waals surface area contributed by atoms with Crippen LogP contribution in [-0.4, -0.2) is 41.8 Å². The molecule has 2 N–H and O–H groups in total. The van der Waals surface area contributed by atoms with Crippen LogP contribution in [0.3, 0.4) is 0 Å². The molecule has 0 radical (unpaired) electrons. The van der Waals surface area contributed by atoms with Gasteiger partial charge < -0.3 is 5.73 Å². The highest BCUT2D eigenvalue weighted by molar-refractivity contribution is 7.89. The van der Waals surface area contributed by atoms with Gasteiger partial charge in [-0.25, -0.2) is 13.4 Å². The average molecular weight is 256 g/mol. The molecule has 2 rings (SSSR count). The van der Waals surface area contributed by atoms with E-state index in [9.17, 15) is 8.42 Å². The Bertz CT molecular complexity index is 462. The number of hydrogen-bond donors (Lipinski definition) is 1. The molecule has 0 bridgehead atoms. The lowest BCUT2D eigenvalue weighted by molar-refractivity contribution is 0.257. The van der Waals surface area contributed by atoms with E-state index in [0.29, 0.717) is 13.1 Å². The molecule has 0 amide bonds. The minimum absolute atomic E-state index is 0.000324. The normalized spacial score (nSPS) is 22.5. The van der Waals surface area contributed by atoms with E-state index < -0.39 is 10.0 Å². The van der Waals surface area contributed by atoms with Crippen molar-refractivity contribution < 1.29 is 8.42 Å². The molecule has 0 unspecified atom stereocenters. The maximum atomic E-state index is 12.3. The molecule has 1 saturated heterocycles. The molecule has 1 aromatic heterocycles. The molecular weight excluding hydrogens is 240 g/mol. The van der Waals surface area contributed by atoms with Gasteiger partial charge in [0.1, 0.15) is 0 Å². The molecule has 6 nitrogen and oxygen atoms in total. The van der Waals surface area contributed by atoms with E-state index in [0.717, 1.165) is 19.3 Å². The van der Waals surface area contributed by atoms with E-state index in [2.05, 4.69) is 9.97 Å². The Kier molecular flexibility index (Phi) is 3.70. The summed E-state index contributed by atoms with van der Waals surface area (Å²) in [4.78, 5) is 7.66. The van der Waals surface area contributed by atoms with E-state index in [-0.39, 0.29) is 11.1 Å². The van der Waals surface area contributed by atoms with Crippen molar-refractivity contribution in [2.24, 2.45) is 5.73 Å². The molecule has 1 atom stereocenters. The molecule has 0 aliphatic carbocycles. The topological polar surface area (TPSA) is 89.2 Å². The molecule has 1 aliphatic heterocycles. The second-order valence-corrected chi connectivity index (χ2v) is 5.88. The summed E-state index contributed by atoms with van der Waals surface area (Å²) in [5, 5.41) is 0.000324. The van der Waals surface area contributed by atoms with Gasteiger partial charge in [0.25, 0.3) is 10.0 Å². The van der Waals surface area contributed by atoms with Crippen molar-refractivity contribution in [3.8, 4) is 0 Å². The third-order valence-electron chi connectivity index (χ3n) is 2.96. The molecule has 7 heteroatoms. The van der Waals surface area contributed by atoms with Crippen LogP contribution in [0.25, 0.3) is 0 Å². The van der Waals surface area contributed by atoms with E-state index in [1.807, 2.05) is 0 Å². The van der Waals surface area contributed by atoms with Crippen LogP contribution in [0, 0.1) is 0 Å². The summed E-state index contributed by atoms with van der Waals surface area (Å²) in [6.07, 6.45) is 6.82. The van der Waals surface area contributed by atoms with E-state index in [4.69, 9.17) is 5.73 Å². The predicted molar refractivity (Wildman–Crippen MR) is 62.6 cm³/mol. The van der Waals surface area contributed by atoms with Crippen LogP contribution >= 0.6 is 0 Å². The lowest BCUT2D eigenvalue weighted by Crippen LogP contribution is -2.47. The van der Waals surface area contributed by atoms with E-state index in [1.54, 1.807) is 0 Å². The minimum atomic E-state index is -3.54. The number of hydrogen-bond acceptors (Lipinski definition) is 5. The summed E-state index contributed by atoms with van der Waals surface area (Å²) in [6.45, 7) is 0.861. The van der Waals surface area contributed by atoms with Crippen LogP contribution in [0.15, 0.2) is 23.6 Å². The van der Waals surface area contributed by atoms with Gasteiger partial charge in [0.05, 0.1) is 6.20 Å². The molecule has 2 heterocycles. The van der Waals surface area contributed by atoms with Gasteiger partial charge in [0, 0.05) is 31.5 Å². The highest BCUT2D eigenvalue weighted by atomic mass is 32.2. The summed E-state index contributed by atoms with van der Waals surface area (Å²) in [7, 11) is -3.54. The Morgan fingerprint density at radius 3 is 2.88 bits per heavy atom. The average Bonchev–Trinajstić information content (AvgIpc) is 2.39. The summed E-state index contributed by atoms with van der Waals surface area (Å²) >= 11 is 0. The van der Waals surface area contributed by atoms with Crippen LogP contribution in [0.2, 0.25) is 0 Å². The Labute approximate surface area is 101 Å². The second kappa shape index (κ2) is 5.07. The number of nitrogens with zero attached hydrogens (tertiary/aromatic N) is 3. The number of piperidine rings is 1. The van der Waals surface area contributed by atoms with Gasteiger partial charge >= 0.3 is 0 Å². The van der Waals surface area contributed by atoms with Gasteiger partial charge in [-0.2, -0.15) is 4.31 Å². The first-order valence-corrected chi connectivity index (χ1v) is 7.08. The third kappa shape index (κ3) is 2.46. The summed E-state index contributed by atoms with van der Waals surface area (Å²) < 4.78 is 26.1. The van der Waals surface area contributed by atoms with Crippen LogP contribution in [0.1, 0.15) is 19.3 Å². The summed E-state index contributed by atoms with van der Waals surface area (Å²) in [5.41, 5.74) is 5.63. The highest BCUT2D eigenvalue weighted by Gasteiger charge is 2.33. The predicted octanol–water partition coefficient (Wildman–Crippen LogP) is -0.0215. The highest BCUT2D eigenvalue weighted by Crippen LogP contribution is 2.23. The number of sulfonamides is 1. The first-order chi connectivity index (χ1) is 8.16. The lowest BCUT2D eigenvalue weighted by Gasteiger charge is -2.33. The van der Waals surface area contributed by atoms with Crippen LogP contribution in [0.5, 0.6) is 0 Å². The number of nitrogens with two attached hydrogens (primary N) is 1. The molecule has 0 saturated carbocycles. The first-order valence-electron chi connectivity index (χ1n) is 5.64. The molecule has 1 aliphatic rings. The Hall–Kier alpha value is -1.05. The maximum absolute atomic E-state index is 12.3. The van der Waals surface area contributed by atoms with Crippen molar-refractivity contribution in [2.75, 3.05) is 13.1 Å². The van der Waals surface area contributed by atoms with Gasteiger partial charge in [-0.05, 0) is 12.8 Å². The number of aromatic nitrogens is 2. The van der Waals surface area contributed by atoms with Crippen molar-refractivity contribution in [2.45, 2.75) is 30.3 Å². The smallest absolute Gasteiger partial charge is 0.262 e. The Balaban J connectivity index is 2.31. The van der Waals surface area contributed by atoms with Crippen molar-refractivity contribution in [1.29, 1.82) is 0 Å². The van der Waals surface area contributed by atoms with Gasteiger partial charge in [-0.3, -0.25) is 4.98 Å². The first kappa shape index (κ1) is 12.4. The monoisotopic (exact) mass is 256 g/mol. The summed E-state index contributed by atoms with van der Waals surface area (Å²) in [6, 6.07) is -0.115. The zero-order valence-corrected chi connectivity index (χ0v) is 10.3. The molecule has 1 fully saturated rings. The van der Waals surface area contributed by atoms with Crippen molar-refractivity contribution in [3.05, 3.63) is 18.6 Å². The zero-order valence-electron chi connectivity index (χ0n) is 9.49. The fraction of sp³-hybridized carbons (Fsp3) is 0.600. The van der Waals surface area contributed by atoms with Crippen LogP contribution < -0.4 is 5.73 Å². The Morgan fingerprint density at radius 2 is 2.24 bits per heavy atom. The van der Waals surface area contributed by atoms with Crippen LogP contribution in [-0.2, 0) is 10.0 Å². The van der Waals surface area contributed by atoms with Crippen molar-refractivity contribution in [3.63, 3.8) is 0 Å². The van der Waals surface area contributed by atoms with Crippen LogP contribution in [0.4, 0.5) is 0 Å². The standard InChI is InChI=1S/C10H16N4O2S/c11-7-9-3-1-2-6-14(9)17(15,16)10-8-12-4-5-13-10/h4-5,8-9H,1-3,6-7,11H2/t9-/m1/s1. The fourth-order valence-corrected chi connectivity index (χ4v) is 3.65. The molecule has 0 aromatic carbocycles. The second-order valence-electron chi connectivity index (χ2n) is 4.04.